The van der Waals surface area contributed by atoms with E-state index in [2.05, 4.69) is 29.4 Å². The Bertz CT molecular complexity index is 809. The van der Waals surface area contributed by atoms with Crippen LogP contribution in [-0.2, 0) is 33.3 Å². The summed E-state index contributed by atoms with van der Waals surface area (Å²) in [6.07, 6.45) is 11.9. The molecule has 2 fully saturated rings. The predicted molar refractivity (Wildman–Crippen MR) is 165 cm³/mol. The van der Waals surface area contributed by atoms with E-state index in [4.69, 9.17) is 20.6 Å². The van der Waals surface area contributed by atoms with Gasteiger partial charge in [0.15, 0.2) is 0 Å². The Kier molecular flexibility index (Phi) is 34.1. The maximum atomic E-state index is 11.6. The van der Waals surface area contributed by atoms with Gasteiger partial charge in [0.05, 0.1) is 5.41 Å². The van der Waals surface area contributed by atoms with E-state index in [-0.39, 0.29) is 67.8 Å². The average molecular weight is 628 g/mol. The summed E-state index contributed by atoms with van der Waals surface area (Å²) in [7, 11) is 3.14. The number of hydrogen-bond acceptors (Lipinski definition) is 8. The molecule has 1 N–H and O–H groups in total. The molecule has 1 unspecified atom stereocenters. The van der Waals surface area contributed by atoms with Gasteiger partial charge >= 0.3 is 23.1 Å². The molecule has 0 aromatic heterocycles. The molecule has 8 nitrogen and oxygen atoms in total. The first-order valence-corrected chi connectivity index (χ1v) is 13.5. The Morgan fingerprint density at radius 3 is 1.93 bits per heavy atom. The third kappa shape index (κ3) is 17.1. The maximum Gasteiger partial charge on any atom is 2.00 e. The van der Waals surface area contributed by atoms with E-state index < -0.39 is 16.4 Å². The van der Waals surface area contributed by atoms with Gasteiger partial charge in [0, 0.05) is 26.1 Å². The molecule has 0 amide bonds. The molecule has 42 heavy (non-hydrogen) atoms. The van der Waals surface area contributed by atoms with Crippen molar-refractivity contribution in [3.05, 3.63) is 6.42 Å². The minimum Gasteiger partial charge on any atom is -1.00 e. The zero-order valence-electron chi connectivity index (χ0n) is 26.4. The summed E-state index contributed by atoms with van der Waals surface area (Å²) >= 11 is 0. The summed E-state index contributed by atoms with van der Waals surface area (Å²) in [4.78, 5) is 32.1. The van der Waals surface area contributed by atoms with E-state index in [0.717, 1.165) is 25.7 Å². The van der Waals surface area contributed by atoms with Crippen LogP contribution in [0.1, 0.15) is 87.5 Å². The summed E-state index contributed by atoms with van der Waals surface area (Å²) in [5.41, 5.74) is -2.10. The second-order valence-corrected chi connectivity index (χ2v) is 10.5. The second-order valence-electron chi connectivity index (χ2n) is 10.5. The van der Waals surface area contributed by atoms with Gasteiger partial charge in [0.25, 0.3) is 12.9 Å². The Hall–Kier alpha value is -1.33. The molecule has 2 aliphatic carbocycles. The van der Waals surface area contributed by atoms with Gasteiger partial charge in [-0.15, -0.1) is 6.42 Å². The van der Waals surface area contributed by atoms with Gasteiger partial charge in [-0.2, -0.15) is 13.8 Å². The number of aliphatic hydroxyl groups is 1. The minimum absolute atomic E-state index is 0. The van der Waals surface area contributed by atoms with Crippen LogP contribution in [0.15, 0.2) is 0 Å². The van der Waals surface area contributed by atoms with E-state index >= 15 is 0 Å². The fourth-order valence-electron chi connectivity index (χ4n) is 4.57. The fraction of sp³-hybridized carbons (Fsp3) is 0.750. The predicted octanol–water partition coefficient (Wildman–Crippen LogP) is 1.68. The van der Waals surface area contributed by atoms with Crippen LogP contribution in [0.2, 0.25) is 0 Å². The number of ether oxygens (including phenoxy) is 4. The molecular weight excluding hydrogens is 572 g/mol. The molecule has 0 bridgehead atoms. The number of carbonyl (C=O) groups excluding carboxylic acids is 3. The molecule has 240 valence electrons. The molecule has 5 atom stereocenters. The largest absolute Gasteiger partial charge is 2.00 e. The zero-order valence-corrected chi connectivity index (χ0v) is 28.6. The Balaban J connectivity index is -0.000000167. The van der Waals surface area contributed by atoms with Crippen LogP contribution < -0.4 is 12.4 Å². The Morgan fingerprint density at radius 1 is 1.00 bits per heavy atom. The van der Waals surface area contributed by atoms with Crippen LogP contribution in [0, 0.1) is 53.3 Å². The number of methoxy groups -OCH3 is 2. The SMILES string of the molecule is C.C#CCOC.COCC#CC1(O)CCC[C@@H](C)[C@@]1(C)COC=O.C[C@@H]1CCCC(=O)[C@]1(C)COC=O.C[CH-]C.[Cl-].[Mg+2]. The number of terminal acetylenes is 1. The van der Waals surface area contributed by atoms with Gasteiger partial charge in [-0.25, -0.2) is 0 Å². The van der Waals surface area contributed by atoms with Gasteiger partial charge in [0.2, 0.25) is 0 Å². The Morgan fingerprint density at radius 2 is 1.50 bits per heavy atom. The van der Waals surface area contributed by atoms with Crippen LogP contribution in [0.4, 0.5) is 0 Å². The molecule has 0 aliphatic heterocycles. The third-order valence-corrected chi connectivity index (χ3v) is 7.62. The number of carbonyl (C=O) groups is 3. The van der Waals surface area contributed by atoms with Crippen LogP contribution in [0.3, 0.4) is 0 Å². The van der Waals surface area contributed by atoms with Crippen molar-refractivity contribution in [3.63, 3.8) is 0 Å². The van der Waals surface area contributed by atoms with Crippen molar-refractivity contribution in [2.45, 2.75) is 93.1 Å². The average Bonchev–Trinajstić information content (AvgIpc) is 2.90. The standard InChI is InChI=1S/C14H22O4.C10H16O3.C4H6O.C3H7.CH4.ClH.Mg/c1-12-6-4-7-14(16,8-5-9-17-3)13(12,2)10-18-11-15;1-8-4-3-5-9(12)10(8,2)6-13-7-11;1-3-4-5-2;1-3-2;;;/h11-12,16H,4,6-7,9-10H2,1-3H3;7-8H,3-6H2,1-2H3;1H,4H2,2H3;3H,1-2H3;1H4;1H;/q;;;-1;;;+2/p-1/t12-,13-,14?;8-,10-;;;;;/m11...../s1. The topological polar surface area (TPSA) is 108 Å². The van der Waals surface area contributed by atoms with E-state index in [1.807, 2.05) is 41.0 Å². The van der Waals surface area contributed by atoms with Gasteiger partial charge in [-0.3, -0.25) is 14.4 Å². The smallest absolute Gasteiger partial charge is 1.00 e. The van der Waals surface area contributed by atoms with Gasteiger partial charge in [0.1, 0.15) is 37.8 Å². The molecule has 0 aromatic rings. The summed E-state index contributed by atoms with van der Waals surface area (Å²) in [6.45, 7) is 13.9. The van der Waals surface area contributed by atoms with Crippen molar-refractivity contribution in [2.75, 3.05) is 40.6 Å². The first-order chi connectivity index (χ1) is 18.4. The fourth-order valence-corrected chi connectivity index (χ4v) is 4.57. The first kappa shape index (κ1) is 50.3. The molecule has 0 aromatic carbocycles. The van der Waals surface area contributed by atoms with Gasteiger partial charge < -0.3 is 42.9 Å². The zero-order chi connectivity index (χ0) is 30.4. The molecule has 2 saturated carbocycles. The first-order valence-electron chi connectivity index (χ1n) is 13.5. The number of hydrogen-bond donors (Lipinski definition) is 1. The normalized spacial score (nSPS) is 27.0. The molecule has 2 aliphatic rings. The van der Waals surface area contributed by atoms with Crippen LogP contribution >= 0.6 is 0 Å². The molecule has 0 saturated heterocycles. The second kappa shape index (κ2) is 28.4. The monoisotopic (exact) mass is 626 g/mol. The van der Waals surface area contributed by atoms with E-state index in [0.29, 0.717) is 44.9 Å². The quantitative estimate of drug-likeness (QED) is 0.188. The molecule has 0 spiro atoms. The molecule has 10 heteroatoms. The summed E-state index contributed by atoms with van der Waals surface area (Å²) < 4.78 is 19.0. The van der Waals surface area contributed by atoms with Crippen LogP contribution in [0.25, 0.3) is 0 Å². The molecular formula is C32H55ClMgO8. The van der Waals surface area contributed by atoms with E-state index in [1.165, 1.54) is 0 Å². The summed E-state index contributed by atoms with van der Waals surface area (Å²) in [5, 5.41) is 10.8. The van der Waals surface area contributed by atoms with Crippen molar-refractivity contribution in [2.24, 2.45) is 22.7 Å². The van der Waals surface area contributed by atoms with Crippen molar-refractivity contribution in [3.8, 4) is 24.2 Å². The minimum atomic E-state index is -1.12. The van der Waals surface area contributed by atoms with Crippen molar-refractivity contribution >= 4 is 41.8 Å². The third-order valence-electron chi connectivity index (χ3n) is 7.62. The maximum absolute atomic E-state index is 11.6. The van der Waals surface area contributed by atoms with Crippen molar-refractivity contribution < 1.29 is 50.8 Å². The Labute approximate surface area is 278 Å². The van der Waals surface area contributed by atoms with Crippen molar-refractivity contribution in [1.82, 2.24) is 0 Å². The molecule has 0 radical (unpaired) electrons. The van der Waals surface area contributed by atoms with Gasteiger partial charge in [-0.05, 0) is 50.9 Å². The van der Waals surface area contributed by atoms with Crippen molar-refractivity contribution in [1.29, 1.82) is 0 Å². The summed E-state index contributed by atoms with van der Waals surface area (Å²) in [5.74, 6) is 8.83. The van der Waals surface area contributed by atoms with Gasteiger partial charge in [-0.1, -0.05) is 46.0 Å². The number of ketones is 1. The number of Topliss-reactive ketones (excluding diaryl/α,β-unsaturated/α-hetero) is 1. The molecule has 0 heterocycles. The molecule has 2 rings (SSSR count). The van der Waals surface area contributed by atoms with E-state index in [1.54, 1.807) is 14.2 Å². The summed E-state index contributed by atoms with van der Waals surface area (Å²) in [6, 6.07) is 0. The number of rotatable bonds is 8. The number of halogens is 1. The van der Waals surface area contributed by atoms with Crippen LogP contribution in [0.5, 0.6) is 0 Å². The van der Waals surface area contributed by atoms with E-state index in [9.17, 15) is 19.5 Å². The van der Waals surface area contributed by atoms with Crippen LogP contribution in [-0.4, -0.2) is 93.1 Å².